The van der Waals surface area contributed by atoms with Crippen molar-refractivity contribution in [2.24, 2.45) is 0 Å². The predicted molar refractivity (Wildman–Crippen MR) is 227 cm³/mol. The van der Waals surface area contributed by atoms with Gasteiger partial charge in [0.1, 0.15) is 11.9 Å². The molecule has 1 unspecified atom stereocenters. The van der Waals surface area contributed by atoms with Gasteiger partial charge in [-0.1, -0.05) is 72.3 Å². The third kappa shape index (κ3) is 9.86. The zero-order valence-electron chi connectivity index (χ0n) is 32.7. The van der Waals surface area contributed by atoms with Crippen molar-refractivity contribution in [2.45, 2.75) is 81.8 Å². The maximum atomic E-state index is 13.3. The molecule has 10 nitrogen and oxygen atoms in total. The van der Waals surface area contributed by atoms with Crippen molar-refractivity contribution in [2.75, 3.05) is 56.4 Å². The molecule has 3 N–H and O–H groups in total. The first-order valence-electron chi connectivity index (χ1n) is 20.9. The molecule has 4 fully saturated rings. The fourth-order valence-corrected chi connectivity index (χ4v) is 9.33. The highest BCUT2D eigenvalue weighted by Crippen LogP contribution is 2.34. The van der Waals surface area contributed by atoms with Gasteiger partial charge in [-0.15, -0.1) is 0 Å². The van der Waals surface area contributed by atoms with Crippen LogP contribution in [0.25, 0.3) is 22.3 Å². The molecule has 298 valence electrons. The van der Waals surface area contributed by atoms with E-state index in [0.717, 1.165) is 113 Å². The summed E-state index contributed by atoms with van der Waals surface area (Å²) in [5, 5.41) is 9.95. The van der Waals surface area contributed by atoms with E-state index in [4.69, 9.17) is 11.6 Å². The van der Waals surface area contributed by atoms with Crippen molar-refractivity contribution < 1.29 is 14.4 Å². The molecule has 0 bridgehead atoms. The Morgan fingerprint density at radius 2 is 1.47 bits per heavy atom. The van der Waals surface area contributed by atoms with Crippen molar-refractivity contribution in [3.8, 4) is 22.3 Å². The second-order valence-corrected chi connectivity index (χ2v) is 16.6. The van der Waals surface area contributed by atoms with E-state index >= 15 is 0 Å². The van der Waals surface area contributed by atoms with E-state index in [0.29, 0.717) is 36.2 Å². The number of halogens is 1. The van der Waals surface area contributed by atoms with Gasteiger partial charge in [-0.2, -0.15) is 0 Å². The van der Waals surface area contributed by atoms with Gasteiger partial charge in [0.05, 0.1) is 5.02 Å². The number of nitrogens with zero attached hydrogens (tertiary/aromatic N) is 4. The number of imide groups is 1. The number of benzene rings is 3. The first-order valence-corrected chi connectivity index (χ1v) is 21.2. The van der Waals surface area contributed by atoms with Crippen LogP contribution in [0, 0.1) is 0 Å². The van der Waals surface area contributed by atoms with Crippen LogP contribution in [0.4, 0.5) is 11.5 Å². The summed E-state index contributed by atoms with van der Waals surface area (Å²) in [4.78, 5) is 48.7. The topological polar surface area (TPSA) is 110 Å². The number of amides is 3. The van der Waals surface area contributed by atoms with Crippen LogP contribution in [-0.2, 0) is 14.4 Å². The smallest absolute Gasteiger partial charge is 0.249 e. The minimum absolute atomic E-state index is 0.195. The van der Waals surface area contributed by atoms with Crippen molar-refractivity contribution in [3.63, 3.8) is 0 Å². The van der Waals surface area contributed by atoms with Gasteiger partial charge in [-0.3, -0.25) is 19.7 Å². The van der Waals surface area contributed by atoms with Crippen LogP contribution < -0.4 is 16.0 Å². The molecule has 0 aliphatic carbocycles. The highest BCUT2D eigenvalue weighted by atomic mass is 35.5. The molecule has 11 heteroatoms. The largest absolute Gasteiger partial charge is 0.374 e. The number of hydrogen-bond acceptors (Lipinski definition) is 8. The zero-order chi connectivity index (χ0) is 39.1. The molecule has 0 spiro atoms. The molecule has 0 saturated carbocycles. The molecule has 1 atom stereocenters. The second kappa shape index (κ2) is 18.2. The average Bonchev–Trinajstić information content (AvgIpc) is 3.25. The van der Waals surface area contributed by atoms with Crippen LogP contribution in [0.2, 0.25) is 5.02 Å². The predicted octanol–water partition coefficient (Wildman–Crippen LogP) is 7.42. The molecule has 5 heterocycles. The highest BCUT2D eigenvalue weighted by molar-refractivity contribution is 6.33. The van der Waals surface area contributed by atoms with Gasteiger partial charge in [0.25, 0.3) is 0 Å². The van der Waals surface area contributed by atoms with Crippen molar-refractivity contribution in [1.29, 1.82) is 0 Å². The maximum absolute atomic E-state index is 13.3. The fraction of sp³-hybridized carbons (Fsp3) is 0.435. The maximum Gasteiger partial charge on any atom is 0.249 e. The van der Waals surface area contributed by atoms with Gasteiger partial charge in [-0.25, -0.2) is 4.98 Å². The molecular weight excluding hydrogens is 734 g/mol. The molecule has 4 aliphatic rings. The number of likely N-dealkylation sites (tertiary alicyclic amines) is 3. The Hall–Kier alpha value is -4.77. The molecule has 57 heavy (non-hydrogen) atoms. The number of aromatic nitrogens is 1. The molecular formula is C46H54ClN7O3. The van der Waals surface area contributed by atoms with Crippen LogP contribution >= 0.6 is 11.6 Å². The molecule has 8 rings (SSSR count). The monoisotopic (exact) mass is 787 g/mol. The van der Waals surface area contributed by atoms with Crippen LogP contribution in [0.1, 0.15) is 69.3 Å². The first kappa shape index (κ1) is 39.1. The minimum Gasteiger partial charge on any atom is -0.374 e. The van der Waals surface area contributed by atoms with E-state index < -0.39 is 0 Å². The number of piperidine rings is 4. The molecule has 3 aromatic carbocycles. The summed E-state index contributed by atoms with van der Waals surface area (Å²) in [7, 11) is 0. The summed E-state index contributed by atoms with van der Waals surface area (Å²) in [6.45, 7) is 6.70. The lowest BCUT2D eigenvalue weighted by molar-refractivity contribution is -0.134. The highest BCUT2D eigenvalue weighted by Gasteiger charge is 2.30. The number of rotatable bonds is 11. The number of pyridine rings is 1. The van der Waals surface area contributed by atoms with Gasteiger partial charge >= 0.3 is 0 Å². The number of nitrogens with one attached hydrogen (secondary N) is 3. The number of carbonyl (C=O) groups excluding carboxylic acids is 3. The standard InChI is InChI=1S/C46H54ClN7O3/c47-41-31-48-43(30-40(41)36-8-4-7-35(29-36)32-5-2-1-3-6-32)50-38-17-27-54(28-18-38)45(56)21-24-52-22-19-39(20-23-52)53-25-15-34(16-26-53)33-9-11-37(12-10-33)49-42-13-14-44(55)51-46(42)57/h1-12,29-31,34,38-39,42,49H,13-28H2,(H,48,50)(H,51,55,57). The molecule has 1 aromatic heterocycles. The Morgan fingerprint density at radius 3 is 2.21 bits per heavy atom. The Balaban J connectivity index is 0.730. The van der Waals surface area contributed by atoms with E-state index in [1.165, 1.54) is 11.1 Å². The lowest BCUT2D eigenvalue weighted by Crippen LogP contribution is -2.48. The summed E-state index contributed by atoms with van der Waals surface area (Å²) in [5.41, 5.74) is 6.60. The Bertz CT molecular complexity index is 2000. The normalized spacial score (nSPS) is 20.6. The van der Waals surface area contributed by atoms with Crippen LogP contribution in [0.3, 0.4) is 0 Å². The van der Waals surface area contributed by atoms with Gasteiger partial charge in [0.2, 0.25) is 17.7 Å². The molecule has 0 radical (unpaired) electrons. The van der Waals surface area contributed by atoms with Gasteiger partial charge in [0.15, 0.2) is 0 Å². The second-order valence-electron chi connectivity index (χ2n) is 16.2. The first-order chi connectivity index (χ1) is 27.8. The summed E-state index contributed by atoms with van der Waals surface area (Å²) >= 11 is 6.65. The summed E-state index contributed by atoms with van der Waals surface area (Å²) in [6.07, 6.45) is 9.63. The summed E-state index contributed by atoms with van der Waals surface area (Å²) in [5.74, 6) is 1.19. The van der Waals surface area contributed by atoms with E-state index in [-0.39, 0.29) is 29.8 Å². The third-order valence-corrected chi connectivity index (χ3v) is 12.8. The van der Waals surface area contributed by atoms with Crippen LogP contribution in [-0.4, -0.2) is 101 Å². The molecule has 4 aromatic rings. The fourth-order valence-electron chi connectivity index (χ4n) is 9.12. The Kier molecular flexibility index (Phi) is 12.5. The van der Waals surface area contributed by atoms with E-state index in [2.05, 4.69) is 104 Å². The lowest BCUT2D eigenvalue weighted by Gasteiger charge is -2.42. The van der Waals surface area contributed by atoms with Crippen molar-refractivity contribution >= 4 is 40.8 Å². The quantitative estimate of drug-likeness (QED) is 0.135. The molecule has 4 aliphatic heterocycles. The van der Waals surface area contributed by atoms with E-state index in [1.54, 1.807) is 6.20 Å². The third-order valence-electron chi connectivity index (χ3n) is 12.5. The van der Waals surface area contributed by atoms with Crippen molar-refractivity contribution in [3.05, 3.63) is 102 Å². The molecule has 3 amide bonds. The minimum atomic E-state index is -0.360. The number of carbonyl (C=O) groups is 3. The van der Waals surface area contributed by atoms with Gasteiger partial charge in [-0.05, 0) is 124 Å². The Labute approximate surface area is 341 Å². The van der Waals surface area contributed by atoms with Gasteiger partial charge < -0.3 is 25.3 Å². The summed E-state index contributed by atoms with van der Waals surface area (Å²) in [6, 6.07) is 29.9. The van der Waals surface area contributed by atoms with E-state index in [1.807, 2.05) is 17.0 Å². The summed E-state index contributed by atoms with van der Waals surface area (Å²) < 4.78 is 0. The van der Waals surface area contributed by atoms with Crippen LogP contribution in [0.5, 0.6) is 0 Å². The van der Waals surface area contributed by atoms with Crippen LogP contribution in [0.15, 0.2) is 91.1 Å². The number of hydrogen-bond donors (Lipinski definition) is 3. The van der Waals surface area contributed by atoms with E-state index in [9.17, 15) is 14.4 Å². The van der Waals surface area contributed by atoms with Crippen molar-refractivity contribution in [1.82, 2.24) is 25.0 Å². The van der Waals surface area contributed by atoms with Gasteiger partial charge in [0, 0.05) is 62.0 Å². The zero-order valence-corrected chi connectivity index (χ0v) is 33.4. The molecule has 4 saturated heterocycles. The average molecular weight is 788 g/mol. The Morgan fingerprint density at radius 1 is 0.754 bits per heavy atom. The lowest BCUT2D eigenvalue weighted by atomic mass is 9.88. The number of anilines is 2. The SMILES string of the molecule is O=C1CCC(Nc2ccc(C3CCN(C4CCN(CCC(=O)N5CCC(Nc6cc(-c7cccc(-c8ccccc8)c7)c(Cl)cn6)CC5)CC4)CC3)cc2)C(=O)N1.